The molecule has 0 spiro atoms. The highest BCUT2D eigenvalue weighted by molar-refractivity contribution is 5.89. The van der Waals surface area contributed by atoms with E-state index < -0.39 is 5.97 Å². The summed E-state index contributed by atoms with van der Waals surface area (Å²) < 4.78 is 1.94. The molecular formula is C17H14N2O2. The van der Waals surface area contributed by atoms with Crippen LogP contribution in [0.1, 0.15) is 10.4 Å². The first-order valence-electron chi connectivity index (χ1n) is 6.57. The number of nitrogens with zero attached hydrogens (tertiary/aromatic N) is 2. The fourth-order valence-corrected chi connectivity index (χ4v) is 2.35. The monoisotopic (exact) mass is 278 g/mol. The Hall–Kier alpha value is -2.88. The normalized spacial score (nSPS) is 10.5. The van der Waals surface area contributed by atoms with Gasteiger partial charge in [-0.05, 0) is 12.1 Å². The lowest BCUT2D eigenvalue weighted by molar-refractivity contribution is 0.0697. The minimum absolute atomic E-state index is 0.280. The van der Waals surface area contributed by atoms with Gasteiger partial charge in [-0.3, -0.25) is 0 Å². The number of carboxylic acid groups (broad SMARTS) is 1. The number of carboxylic acids is 1. The number of hydrogen-bond acceptors (Lipinski definition) is 2. The van der Waals surface area contributed by atoms with E-state index in [9.17, 15) is 4.79 Å². The highest BCUT2D eigenvalue weighted by atomic mass is 16.4. The van der Waals surface area contributed by atoms with Crippen LogP contribution < -0.4 is 0 Å². The largest absolute Gasteiger partial charge is 0.478 e. The smallest absolute Gasteiger partial charge is 0.335 e. The van der Waals surface area contributed by atoms with Gasteiger partial charge in [-0.25, -0.2) is 9.78 Å². The average Bonchev–Trinajstić information content (AvgIpc) is 2.90. The number of hydrogen-bond donors (Lipinski definition) is 1. The Balaban J connectivity index is 2.10. The first-order chi connectivity index (χ1) is 10.2. The summed E-state index contributed by atoms with van der Waals surface area (Å²) in [5.74, 6) is -0.921. The highest BCUT2D eigenvalue weighted by Crippen LogP contribution is 2.30. The number of rotatable bonds is 3. The molecule has 0 fully saturated rings. The Morgan fingerprint density at radius 2 is 1.67 bits per heavy atom. The van der Waals surface area contributed by atoms with E-state index >= 15 is 0 Å². The Bertz CT molecular complexity index is 774. The van der Waals surface area contributed by atoms with Crippen molar-refractivity contribution >= 4 is 5.97 Å². The Labute approximate surface area is 122 Å². The van der Waals surface area contributed by atoms with Crippen molar-refractivity contribution in [3.8, 4) is 22.5 Å². The van der Waals surface area contributed by atoms with Crippen molar-refractivity contribution in [1.29, 1.82) is 0 Å². The summed E-state index contributed by atoms with van der Waals surface area (Å²) in [5.41, 5.74) is 4.12. The van der Waals surface area contributed by atoms with Gasteiger partial charge in [0.15, 0.2) is 0 Å². The van der Waals surface area contributed by atoms with Crippen LogP contribution >= 0.6 is 0 Å². The topological polar surface area (TPSA) is 55.1 Å². The predicted octanol–water partition coefficient (Wildman–Crippen LogP) is 3.45. The lowest BCUT2D eigenvalue weighted by Crippen LogP contribution is -1.96. The van der Waals surface area contributed by atoms with Crippen LogP contribution in [0.25, 0.3) is 22.5 Å². The summed E-state index contributed by atoms with van der Waals surface area (Å²) in [6, 6.07) is 16.8. The summed E-state index contributed by atoms with van der Waals surface area (Å²) in [6.07, 6.45) is 1.77. The van der Waals surface area contributed by atoms with Crippen molar-refractivity contribution in [2.45, 2.75) is 0 Å². The molecule has 0 aliphatic heterocycles. The first kappa shape index (κ1) is 13.1. The van der Waals surface area contributed by atoms with Crippen molar-refractivity contribution in [2.75, 3.05) is 0 Å². The second-order valence-electron chi connectivity index (χ2n) is 4.80. The van der Waals surface area contributed by atoms with Gasteiger partial charge in [0.1, 0.15) is 0 Å². The summed E-state index contributed by atoms with van der Waals surface area (Å²) >= 11 is 0. The van der Waals surface area contributed by atoms with Crippen LogP contribution in [-0.4, -0.2) is 20.6 Å². The lowest BCUT2D eigenvalue weighted by atomic mass is 10.0. The van der Waals surface area contributed by atoms with E-state index in [1.807, 2.05) is 54.1 Å². The number of imidazole rings is 1. The minimum Gasteiger partial charge on any atom is -0.478 e. The molecule has 0 aliphatic rings. The molecule has 0 bridgehead atoms. The van der Waals surface area contributed by atoms with Crippen LogP contribution in [0, 0.1) is 0 Å². The third-order valence-corrected chi connectivity index (χ3v) is 3.39. The zero-order valence-electron chi connectivity index (χ0n) is 11.5. The van der Waals surface area contributed by atoms with Crippen molar-refractivity contribution in [3.05, 3.63) is 66.5 Å². The molecule has 0 atom stereocenters. The zero-order valence-corrected chi connectivity index (χ0v) is 11.5. The van der Waals surface area contributed by atoms with Gasteiger partial charge in [-0.1, -0.05) is 42.5 Å². The van der Waals surface area contributed by atoms with E-state index in [1.54, 1.807) is 18.5 Å². The third-order valence-electron chi connectivity index (χ3n) is 3.39. The van der Waals surface area contributed by atoms with Crippen molar-refractivity contribution < 1.29 is 9.90 Å². The Morgan fingerprint density at radius 1 is 1.00 bits per heavy atom. The maximum atomic E-state index is 10.9. The predicted molar refractivity (Wildman–Crippen MR) is 81.0 cm³/mol. The second-order valence-corrected chi connectivity index (χ2v) is 4.80. The highest BCUT2D eigenvalue weighted by Gasteiger charge is 2.13. The van der Waals surface area contributed by atoms with Gasteiger partial charge in [0.2, 0.25) is 0 Å². The molecule has 0 saturated heterocycles. The van der Waals surface area contributed by atoms with Crippen LogP contribution in [0.5, 0.6) is 0 Å². The fourth-order valence-electron chi connectivity index (χ4n) is 2.35. The van der Waals surface area contributed by atoms with Crippen LogP contribution in [-0.2, 0) is 7.05 Å². The third kappa shape index (κ3) is 2.43. The molecule has 1 aromatic heterocycles. The molecule has 21 heavy (non-hydrogen) atoms. The van der Waals surface area contributed by atoms with Gasteiger partial charge in [0, 0.05) is 18.2 Å². The lowest BCUT2D eigenvalue weighted by Gasteiger charge is -2.07. The molecule has 104 valence electrons. The van der Waals surface area contributed by atoms with Crippen LogP contribution in [0.2, 0.25) is 0 Å². The van der Waals surface area contributed by atoms with Crippen molar-refractivity contribution in [3.63, 3.8) is 0 Å². The van der Waals surface area contributed by atoms with E-state index in [2.05, 4.69) is 4.98 Å². The molecule has 4 heteroatoms. The van der Waals surface area contributed by atoms with E-state index in [-0.39, 0.29) is 5.56 Å². The van der Waals surface area contributed by atoms with E-state index in [1.165, 1.54) is 0 Å². The molecule has 0 radical (unpaired) electrons. The Kier molecular flexibility index (Phi) is 3.28. The molecule has 1 heterocycles. The molecule has 2 aromatic carbocycles. The Morgan fingerprint density at radius 3 is 2.29 bits per heavy atom. The van der Waals surface area contributed by atoms with Crippen molar-refractivity contribution in [1.82, 2.24) is 9.55 Å². The number of carbonyl (C=O) groups is 1. The molecule has 3 aromatic rings. The fraction of sp³-hybridized carbons (Fsp3) is 0.0588. The quantitative estimate of drug-likeness (QED) is 0.798. The van der Waals surface area contributed by atoms with E-state index in [0.29, 0.717) is 0 Å². The van der Waals surface area contributed by atoms with Gasteiger partial charge in [0.25, 0.3) is 0 Å². The molecule has 1 N–H and O–H groups in total. The maximum Gasteiger partial charge on any atom is 0.335 e. The molecule has 0 amide bonds. The van der Waals surface area contributed by atoms with Gasteiger partial charge in [0.05, 0.1) is 23.3 Å². The van der Waals surface area contributed by atoms with E-state index in [4.69, 9.17) is 5.11 Å². The van der Waals surface area contributed by atoms with Gasteiger partial charge in [-0.2, -0.15) is 0 Å². The molecule has 0 aliphatic carbocycles. The maximum absolute atomic E-state index is 10.9. The molecule has 3 rings (SSSR count). The van der Waals surface area contributed by atoms with Crippen LogP contribution in [0.4, 0.5) is 0 Å². The number of aromatic nitrogens is 2. The van der Waals surface area contributed by atoms with Gasteiger partial charge in [-0.15, -0.1) is 0 Å². The molecule has 0 unspecified atom stereocenters. The standard InChI is InChI=1S/C17H14N2O2/c1-19-11-18-15(12-5-3-2-4-6-12)16(19)13-7-9-14(10-8-13)17(20)21/h2-11H,1H3,(H,20,21). The second kappa shape index (κ2) is 5.25. The van der Waals surface area contributed by atoms with E-state index in [0.717, 1.165) is 22.5 Å². The van der Waals surface area contributed by atoms with Crippen LogP contribution in [0.3, 0.4) is 0 Å². The summed E-state index contributed by atoms with van der Waals surface area (Å²) in [6.45, 7) is 0. The van der Waals surface area contributed by atoms with Gasteiger partial charge >= 0.3 is 5.97 Å². The minimum atomic E-state index is -0.921. The van der Waals surface area contributed by atoms with Crippen molar-refractivity contribution in [2.24, 2.45) is 7.05 Å². The molecular weight excluding hydrogens is 264 g/mol. The molecule has 0 saturated carbocycles. The average molecular weight is 278 g/mol. The number of aromatic carboxylic acids is 1. The zero-order chi connectivity index (χ0) is 14.8. The number of benzene rings is 2. The van der Waals surface area contributed by atoms with Gasteiger partial charge < -0.3 is 9.67 Å². The summed E-state index contributed by atoms with van der Waals surface area (Å²) in [7, 11) is 1.93. The SMILES string of the molecule is Cn1cnc(-c2ccccc2)c1-c1ccc(C(=O)O)cc1. The number of aryl methyl sites for hydroxylation is 1. The first-order valence-corrected chi connectivity index (χ1v) is 6.57. The summed E-state index contributed by atoms with van der Waals surface area (Å²) in [5, 5.41) is 8.98. The van der Waals surface area contributed by atoms with Crippen LogP contribution in [0.15, 0.2) is 60.9 Å². The molecule has 4 nitrogen and oxygen atoms in total. The summed E-state index contributed by atoms with van der Waals surface area (Å²) in [4.78, 5) is 15.4.